The van der Waals surface area contributed by atoms with Crippen molar-refractivity contribution in [3.63, 3.8) is 0 Å². The van der Waals surface area contributed by atoms with Crippen molar-refractivity contribution in [1.29, 1.82) is 0 Å². The number of rotatable bonds is 4. The van der Waals surface area contributed by atoms with Gasteiger partial charge in [-0.05, 0) is 18.2 Å². The van der Waals surface area contributed by atoms with Gasteiger partial charge < -0.3 is 14.3 Å². The number of benzene rings is 1. The number of hydrogen-bond acceptors (Lipinski definition) is 6. The molecule has 2 aromatic rings. The standard InChI is InChI=1S/C13H11ClFNO6S/c1-6(17)21-12-10(18)11(22-13(12)16-23(2,19)20)7-3-4-8(14)9(15)5-7/h3-5,16,18H,1-2H3. The summed E-state index contributed by atoms with van der Waals surface area (Å²) in [5.74, 6) is -3.56. The van der Waals surface area contributed by atoms with Gasteiger partial charge in [-0.15, -0.1) is 0 Å². The highest BCUT2D eigenvalue weighted by atomic mass is 35.5. The first-order chi connectivity index (χ1) is 10.6. The maximum Gasteiger partial charge on any atom is 0.308 e. The molecular weight excluding hydrogens is 353 g/mol. The van der Waals surface area contributed by atoms with Crippen molar-refractivity contribution in [2.75, 3.05) is 11.0 Å². The number of nitrogens with one attached hydrogen (secondary N) is 1. The number of furan rings is 1. The third kappa shape index (κ3) is 3.93. The molecular formula is C13H11ClFNO6S. The normalized spacial score (nSPS) is 11.3. The van der Waals surface area contributed by atoms with Crippen LogP contribution in [0, 0.1) is 5.82 Å². The monoisotopic (exact) mass is 363 g/mol. The molecule has 0 saturated carbocycles. The summed E-state index contributed by atoms with van der Waals surface area (Å²) in [7, 11) is -3.78. The predicted octanol–water partition coefficient (Wildman–Crippen LogP) is 2.74. The van der Waals surface area contributed by atoms with E-state index in [1.807, 2.05) is 4.72 Å². The van der Waals surface area contributed by atoms with Crippen molar-refractivity contribution < 1.29 is 31.9 Å². The molecule has 0 aliphatic rings. The third-order valence-electron chi connectivity index (χ3n) is 2.55. The highest BCUT2D eigenvalue weighted by molar-refractivity contribution is 7.92. The van der Waals surface area contributed by atoms with Gasteiger partial charge >= 0.3 is 5.97 Å². The van der Waals surface area contributed by atoms with Crippen LogP contribution >= 0.6 is 11.6 Å². The minimum atomic E-state index is -3.78. The Morgan fingerprint density at radius 2 is 2.09 bits per heavy atom. The van der Waals surface area contributed by atoms with Crippen molar-refractivity contribution >= 4 is 33.5 Å². The van der Waals surface area contributed by atoms with Crippen LogP contribution < -0.4 is 9.46 Å². The van der Waals surface area contributed by atoms with Gasteiger partial charge in [0.15, 0.2) is 5.76 Å². The van der Waals surface area contributed by atoms with Crippen molar-refractivity contribution in [3.05, 3.63) is 29.0 Å². The number of anilines is 1. The molecule has 0 bridgehead atoms. The zero-order valence-electron chi connectivity index (χ0n) is 11.9. The van der Waals surface area contributed by atoms with Crippen LogP contribution in [0.1, 0.15) is 6.92 Å². The Bertz CT molecular complexity index is 877. The van der Waals surface area contributed by atoms with E-state index in [0.717, 1.165) is 19.2 Å². The summed E-state index contributed by atoms with van der Waals surface area (Å²) < 4.78 is 48.1. The fourth-order valence-electron chi connectivity index (χ4n) is 1.71. The van der Waals surface area contributed by atoms with E-state index in [0.29, 0.717) is 0 Å². The lowest BCUT2D eigenvalue weighted by molar-refractivity contribution is -0.131. The molecule has 7 nitrogen and oxygen atoms in total. The molecule has 124 valence electrons. The Balaban J connectivity index is 2.60. The lowest BCUT2D eigenvalue weighted by atomic mass is 10.1. The molecule has 0 aliphatic heterocycles. The van der Waals surface area contributed by atoms with Gasteiger partial charge in [0.1, 0.15) is 5.82 Å². The Hall–Kier alpha value is -2.26. The molecule has 0 unspecified atom stereocenters. The van der Waals surface area contributed by atoms with E-state index in [2.05, 4.69) is 0 Å². The highest BCUT2D eigenvalue weighted by Crippen LogP contribution is 2.46. The molecule has 0 fully saturated rings. The molecule has 2 rings (SSSR count). The molecule has 1 aromatic heterocycles. The van der Waals surface area contributed by atoms with Crippen molar-refractivity contribution in [3.8, 4) is 22.8 Å². The van der Waals surface area contributed by atoms with E-state index in [4.69, 9.17) is 20.8 Å². The number of ether oxygens (including phenoxy) is 1. The number of hydrogen-bond donors (Lipinski definition) is 2. The summed E-state index contributed by atoms with van der Waals surface area (Å²) in [6.07, 6.45) is 0.839. The van der Waals surface area contributed by atoms with Crippen molar-refractivity contribution in [2.45, 2.75) is 6.92 Å². The maximum atomic E-state index is 13.5. The molecule has 1 aromatic carbocycles. The van der Waals surface area contributed by atoms with Gasteiger partial charge in [0.05, 0.1) is 11.3 Å². The summed E-state index contributed by atoms with van der Waals surface area (Å²) >= 11 is 5.57. The summed E-state index contributed by atoms with van der Waals surface area (Å²) in [6.45, 7) is 1.05. The Morgan fingerprint density at radius 1 is 1.43 bits per heavy atom. The van der Waals surface area contributed by atoms with Crippen LogP contribution in [0.25, 0.3) is 11.3 Å². The summed E-state index contributed by atoms with van der Waals surface area (Å²) in [5, 5.41) is 9.96. The maximum absolute atomic E-state index is 13.5. The molecule has 2 N–H and O–H groups in total. The van der Waals surface area contributed by atoms with Crippen LogP contribution in [0.3, 0.4) is 0 Å². The fraction of sp³-hybridized carbons (Fsp3) is 0.154. The lowest BCUT2D eigenvalue weighted by Gasteiger charge is -2.02. The van der Waals surface area contributed by atoms with Crippen LogP contribution in [0.2, 0.25) is 5.02 Å². The Labute approximate surface area is 135 Å². The van der Waals surface area contributed by atoms with Gasteiger partial charge in [-0.3, -0.25) is 9.52 Å². The number of carbonyl (C=O) groups excluding carboxylic acids is 1. The Morgan fingerprint density at radius 3 is 2.61 bits per heavy atom. The van der Waals surface area contributed by atoms with Crippen molar-refractivity contribution in [2.24, 2.45) is 0 Å². The number of carbonyl (C=O) groups is 1. The van der Waals surface area contributed by atoms with Gasteiger partial charge in [0.25, 0.3) is 5.88 Å². The van der Waals surface area contributed by atoms with Crippen LogP contribution in [0.15, 0.2) is 22.6 Å². The molecule has 0 radical (unpaired) electrons. The van der Waals surface area contributed by atoms with E-state index in [1.54, 1.807) is 0 Å². The van der Waals surface area contributed by atoms with E-state index < -0.39 is 39.2 Å². The van der Waals surface area contributed by atoms with Gasteiger partial charge in [0, 0.05) is 12.5 Å². The second-order valence-electron chi connectivity index (χ2n) is 4.53. The summed E-state index contributed by atoms with van der Waals surface area (Å²) in [4.78, 5) is 11.1. The second-order valence-corrected chi connectivity index (χ2v) is 6.69. The first-order valence-electron chi connectivity index (χ1n) is 6.06. The predicted molar refractivity (Wildman–Crippen MR) is 80.6 cm³/mol. The summed E-state index contributed by atoms with van der Waals surface area (Å²) in [5.41, 5.74) is 0.0688. The highest BCUT2D eigenvalue weighted by Gasteiger charge is 2.26. The third-order valence-corrected chi connectivity index (χ3v) is 3.41. The molecule has 0 amide bonds. The minimum absolute atomic E-state index is 0.0688. The van der Waals surface area contributed by atoms with Crippen LogP contribution in [0.4, 0.5) is 10.3 Å². The quantitative estimate of drug-likeness (QED) is 0.809. The number of halogens is 2. The molecule has 1 heterocycles. The zero-order valence-corrected chi connectivity index (χ0v) is 13.5. The molecule has 0 spiro atoms. The molecule has 0 atom stereocenters. The molecule has 0 aliphatic carbocycles. The van der Waals surface area contributed by atoms with E-state index in [9.17, 15) is 22.7 Å². The summed E-state index contributed by atoms with van der Waals surface area (Å²) in [6, 6.07) is 3.54. The smallest absolute Gasteiger partial charge is 0.308 e. The number of sulfonamides is 1. The average Bonchev–Trinajstić information content (AvgIpc) is 2.68. The van der Waals surface area contributed by atoms with Crippen LogP contribution in [0.5, 0.6) is 11.5 Å². The molecule has 0 saturated heterocycles. The Kier molecular flexibility index (Phi) is 4.53. The first kappa shape index (κ1) is 17.1. The second kappa shape index (κ2) is 6.09. The van der Waals surface area contributed by atoms with Gasteiger partial charge in [0.2, 0.25) is 21.5 Å². The number of aromatic hydroxyl groups is 1. The minimum Gasteiger partial charge on any atom is -0.502 e. The van der Waals surface area contributed by atoms with Crippen molar-refractivity contribution in [1.82, 2.24) is 0 Å². The largest absolute Gasteiger partial charge is 0.502 e. The number of esters is 1. The fourth-order valence-corrected chi connectivity index (χ4v) is 2.30. The van der Waals surface area contributed by atoms with E-state index >= 15 is 0 Å². The first-order valence-corrected chi connectivity index (χ1v) is 8.33. The molecule has 23 heavy (non-hydrogen) atoms. The SMILES string of the molecule is CC(=O)Oc1c(NS(C)(=O)=O)oc(-c2ccc(Cl)c(F)c2)c1O. The van der Waals surface area contributed by atoms with E-state index in [1.165, 1.54) is 12.1 Å². The molecule has 10 heteroatoms. The zero-order chi connectivity index (χ0) is 17.4. The van der Waals surface area contributed by atoms with Crippen LogP contribution in [-0.2, 0) is 14.8 Å². The van der Waals surface area contributed by atoms with Gasteiger partial charge in [-0.2, -0.15) is 0 Å². The van der Waals surface area contributed by atoms with Crippen LogP contribution in [-0.4, -0.2) is 25.7 Å². The average molecular weight is 364 g/mol. The van der Waals surface area contributed by atoms with Gasteiger partial charge in [-0.1, -0.05) is 11.6 Å². The van der Waals surface area contributed by atoms with Gasteiger partial charge in [-0.25, -0.2) is 12.8 Å². The topological polar surface area (TPSA) is 106 Å². The lowest BCUT2D eigenvalue weighted by Crippen LogP contribution is -2.11. The van der Waals surface area contributed by atoms with E-state index in [-0.39, 0.29) is 16.3 Å².